The smallest absolute Gasteiger partial charge is 0.417 e. The van der Waals surface area contributed by atoms with Gasteiger partial charge < -0.3 is 9.47 Å². The first-order valence-corrected chi connectivity index (χ1v) is 12.3. The number of fused-ring (bicyclic) bond motifs is 1. The quantitative estimate of drug-likeness (QED) is 0.517. The molecule has 1 fully saturated rings. The molecule has 3 aromatic rings. The third-order valence-electron chi connectivity index (χ3n) is 6.44. The van der Waals surface area contributed by atoms with Crippen molar-refractivity contribution >= 4 is 15.8 Å². The third kappa shape index (κ3) is 4.39. The van der Waals surface area contributed by atoms with Gasteiger partial charge in [-0.3, -0.25) is 4.79 Å². The Morgan fingerprint density at radius 1 is 1.00 bits per heavy atom. The van der Waals surface area contributed by atoms with Gasteiger partial charge in [0, 0.05) is 7.85 Å². The maximum Gasteiger partial charge on any atom is 0.417 e. The minimum atomic E-state index is -4.68. The largest absolute Gasteiger partial charge is 0.454 e. The summed E-state index contributed by atoms with van der Waals surface area (Å²) in [7, 11) is -4.11. The van der Waals surface area contributed by atoms with E-state index in [1.54, 1.807) is 12.1 Å². The first-order valence-electron chi connectivity index (χ1n) is 10.7. The fourth-order valence-electron chi connectivity index (χ4n) is 4.43. The summed E-state index contributed by atoms with van der Waals surface area (Å²) in [6.45, 7) is 0.112. The van der Waals surface area contributed by atoms with Gasteiger partial charge in [0.2, 0.25) is 16.8 Å². The van der Waals surface area contributed by atoms with Gasteiger partial charge >= 0.3 is 6.18 Å². The highest BCUT2D eigenvalue weighted by atomic mass is 32.2. The molecule has 0 bridgehead atoms. The Morgan fingerprint density at radius 2 is 1.74 bits per heavy atom. The van der Waals surface area contributed by atoms with Gasteiger partial charge in [-0.05, 0) is 65.4 Å². The fraction of sp³-hybridized carbons (Fsp3) is 0.240. The lowest BCUT2D eigenvalue weighted by Crippen LogP contribution is -2.22. The molecule has 0 radical (unpaired) electrons. The molecule has 6 nitrogen and oxygen atoms in total. The van der Waals surface area contributed by atoms with E-state index in [0.717, 1.165) is 17.7 Å². The van der Waals surface area contributed by atoms with E-state index in [4.69, 9.17) is 14.6 Å². The zero-order valence-corrected chi connectivity index (χ0v) is 19.1. The van der Waals surface area contributed by atoms with Crippen LogP contribution >= 0.6 is 0 Å². The minimum absolute atomic E-state index is 0. The second-order valence-electron chi connectivity index (χ2n) is 8.70. The van der Waals surface area contributed by atoms with Crippen molar-refractivity contribution in [3.05, 3.63) is 77.4 Å². The number of sulfonamides is 1. The molecular formula is C25H22F3NO5S. The van der Waals surface area contributed by atoms with E-state index in [-0.39, 0.29) is 36.4 Å². The van der Waals surface area contributed by atoms with E-state index in [9.17, 15) is 26.4 Å². The van der Waals surface area contributed by atoms with Crippen molar-refractivity contribution in [2.24, 2.45) is 5.14 Å². The van der Waals surface area contributed by atoms with Crippen LogP contribution in [0.1, 0.15) is 31.0 Å². The number of carbonyl (C=O) groups is 1. The number of hydrogen-bond donors (Lipinski definition) is 1. The van der Waals surface area contributed by atoms with Crippen LogP contribution in [0, 0.1) is 0 Å². The maximum absolute atomic E-state index is 13.8. The van der Waals surface area contributed by atoms with Crippen LogP contribution in [0.25, 0.3) is 11.1 Å². The highest BCUT2D eigenvalue weighted by Crippen LogP contribution is 2.51. The number of carbonyl (C=O) groups excluding carboxylic acids is 1. The van der Waals surface area contributed by atoms with Gasteiger partial charge in [0.1, 0.15) is 5.78 Å². The summed E-state index contributed by atoms with van der Waals surface area (Å²) in [6, 6.07) is 13.8. The number of halogens is 3. The molecule has 0 atom stereocenters. The van der Waals surface area contributed by atoms with Crippen LogP contribution in [0.15, 0.2) is 65.6 Å². The van der Waals surface area contributed by atoms with Gasteiger partial charge in [-0.15, -0.1) is 0 Å². The molecule has 2 aliphatic rings. The van der Waals surface area contributed by atoms with Gasteiger partial charge in [-0.25, -0.2) is 13.6 Å². The topological polar surface area (TPSA) is 95.7 Å². The van der Waals surface area contributed by atoms with E-state index in [1.807, 2.05) is 6.07 Å². The number of nitrogens with two attached hydrogens (primary N) is 1. The van der Waals surface area contributed by atoms with Gasteiger partial charge in [-0.2, -0.15) is 13.2 Å². The molecule has 2 N–H and O–H groups in total. The summed E-state index contributed by atoms with van der Waals surface area (Å²) in [6.07, 6.45) is -3.49. The second-order valence-corrected chi connectivity index (χ2v) is 10.3. The van der Waals surface area contributed by atoms with E-state index in [0.29, 0.717) is 29.9 Å². The molecule has 10 heteroatoms. The van der Waals surface area contributed by atoms with Crippen molar-refractivity contribution in [2.45, 2.75) is 35.7 Å². The number of hydrogen-bond acceptors (Lipinski definition) is 5. The predicted molar refractivity (Wildman–Crippen MR) is 123 cm³/mol. The van der Waals surface area contributed by atoms with E-state index in [2.05, 4.69) is 0 Å². The molecule has 1 heterocycles. The molecule has 1 aliphatic carbocycles. The van der Waals surface area contributed by atoms with Gasteiger partial charge in [0.15, 0.2) is 11.5 Å². The standard InChI is InChI=1S/C25H20F3NO5S.H2/c26-25(27,28)20-6-4-15(10-19(20)16-2-1-3-18(12-16)35(29,31)32)11-23(30)24(8-9-24)17-5-7-21-22(13-17)34-14-33-21;/h1-7,10,12-13H,8-9,11,14H2,(H2,29,31,32);1H. The van der Waals surface area contributed by atoms with Crippen LogP contribution in [0.5, 0.6) is 11.5 Å². The Balaban J connectivity index is 0.00000304. The summed E-state index contributed by atoms with van der Waals surface area (Å²) >= 11 is 0. The number of alkyl halides is 3. The predicted octanol–water partition coefficient (Wildman–Crippen LogP) is 4.84. The molecule has 0 unspecified atom stereocenters. The summed E-state index contributed by atoms with van der Waals surface area (Å²) in [5, 5.41) is 5.16. The summed E-state index contributed by atoms with van der Waals surface area (Å²) in [5.74, 6) is 1.06. The summed E-state index contributed by atoms with van der Waals surface area (Å²) < 4.78 is 75.5. The lowest BCUT2D eigenvalue weighted by atomic mass is 9.86. The molecule has 3 aromatic carbocycles. The van der Waals surface area contributed by atoms with Crippen LogP contribution in [0.2, 0.25) is 0 Å². The zero-order chi connectivity index (χ0) is 25.0. The highest BCUT2D eigenvalue weighted by molar-refractivity contribution is 7.89. The van der Waals surface area contributed by atoms with Crippen molar-refractivity contribution in [1.29, 1.82) is 0 Å². The van der Waals surface area contributed by atoms with Crippen LogP contribution in [-0.4, -0.2) is 21.0 Å². The maximum atomic E-state index is 13.8. The fourth-order valence-corrected chi connectivity index (χ4v) is 4.99. The Kier molecular flexibility index (Phi) is 5.41. The Hall–Kier alpha value is -3.37. The Morgan fingerprint density at radius 3 is 2.43 bits per heavy atom. The monoisotopic (exact) mass is 505 g/mol. The Bertz CT molecular complexity index is 1450. The van der Waals surface area contributed by atoms with Crippen molar-refractivity contribution in [3.8, 4) is 22.6 Å². The normalized spacial score (nSPS) is 16.2. The van der Waals surface area contributed by atoms with Crippen molar-refractivity contribution in [3.63, 3.8) is 0 Å². The van der Waals surface area contributed by atoms with Crippen molar-refractivity contribution in [1.82, 2.24) is 0 Å². The molecule has 0 saturated heterocycles. The molecule has 1 saturated carbocycles. The molecule has 35 heavy (non-hydrogen) atoms. The van der Waals surface area contributed by atoms with Crippen molar-refractivity contribution in [2.75, 3.05) is 6.79 Å². The Labute approximate surface area is 201 Å². The SMILES string of the molecule is NS(=O)(=O)c1cccc(-c2cc(CC(=O)C3(c4ccc5c(c4)OCO5)CC3)ccc2C(F)(F)F)c1.[HH]. The molecule has 0 amide bonds. The number of rotatable bonds is 6. The number of benzene rings is 3. The van der Waals surface area contributed by atoms with Crippen LogP contribution in [0.3, 0.4) is 0 Å². The minimum Gasteiger partial charge on any atom is -0.454 e. The van der Waals surface area contributed by atoms with Crippen molar-refractivity contribution < 1.29 is 37.3 Å². The highest BCUT2D eigenvalue weighted by Gasteiger charge is 2.51. The van der Waals surface area contributed by atoms with Crippen LogP contribution in [-0.2, 0) is 32.8 Å². The molecule has 184 valence electrons. The first kappa shape index (κ1) is 23.4. The van der Waals surface area contributed by atoms with Gasteiger partial charge in [0.05, 0.1) is 15.9 Å². The summed E-state index contributed by atoms with van der Waals surface area (Å²) in [5.41, 5.74) is -0.642. The third-order valence-corrected chi connectivity index (χ3v) is 7.35. The lowest BCUT2D eigenvalue weighted by molar-refractivity contribution is -0.137. The van der Waals surface area contributed by atoms with Gasteiger partial charge in [-0.1, -0.05) is 30.3 Å². The second kappa shape index (κ2) is 8.10. The van der Waals surface area contributed by atoms with Gasteiger partial charge in [0.25, 0.3) is 0 Å². The molecule has 0 spiro atoms. The van der Waals surface area contributed by atoms with E-state index < -0.39 is 27.2 Å². The van der Waals surface area contributed by atoms with E-state index >= 15 is 0 Å². The molecule has 1 aliphatic heterocycles. The average Bonchev–Trinajstić information content (AvgIpc) is 3.49. The molecule has 5 rings (SSSR count). The lowest BCUT2D eigenvalue weighted by Gasteiger charge is -2.18. The summed E-state index contributed by atoms with van der Waals surface area (Å²) in [4.78, 5) is 13.0. The zero-order valence-electron chi connectivity index (χ0n) is 18.3. The number of ether oxygens (including phenoxy) is 2. The van der Waals surface area contributed by atoms with Crippen LogP contribution in [0.4, 0.5) is 13.2 Å². The number of ketones is 1. The van der Waals surface area contributed by atoms with Crippen LogP contribution < -0.4 is 14.6 Å². The first-order chi connectivity index (χ1) is 16.5. The number of Topliss-reactive ketones (excluding diaryl/α,β-unsaturated/α-hetero) is 1. The molecule has 0 aromatic heterocycles. The average molecular weight is 506 g/mol. The molecular weight excluding hydrogens is 483 g/mol. The van der Waals surface area contributed by atoms with E-state index in [1.165, 1.54) is 30.3 Å². The number of primary sulfonamides is 1.